The van der Waals surface area contributed by atoms with Crippen LogP contribution in [0, 0.1) is 6.92 Å². The number of Topliss-reactive ketones (excluding diaryl/α,β-unsaturated/α-hetero) is 1. The van der Waals surface area contributed by atoms with Gasteiger partial charge < -0.3 is 23.7 Å². The number of allylic oxidation sites excluding steroid dienone is 1. The van der Waals surface area contributed by atoms with Gasteiger partial charge in [-0.25, -0.2) is 4.79 Å². The van der Waals surface area contributed by atoms with Gasteiger partial charge in [-0.1, -0.05) is 18.2 Å². The molecule has 4 rings (SSSR count). The molecule has 0 radical (unpaired) electrons. The van der Waals surface area contributed by atoms with Gasteiger partial charge in [-0.15, -0.1) is 0 Å². The molecule has 1 heterocycles. The summed E-state index contributed by atoms with van der Waals surface area (Å²) in [5.74, 6) is 1.84. The van der Waals surface area contributed by atoms with Crippen LogP contribution in [0.3, 0.4) is 0 Å². The number of esters is 1. The molecule has 7 heteroatoms. The summed E-state index contributed by atoms with van der Waals surface area (Å²) < 4.78 is 27.1. The van der Waals surface area contributed by atoms with E-state index < -0.39 is 0 Å². The van der Waals surface area contributed by atoms with Crippen molar-refractivity contribution in [2.45, 2.75) is 13.5 Å². The summed E-state index contributed by atoms with van der Waals surface area (Å²) in [6, 6.07) is 15.9. The average molecular weight is 460 g/mol. The zero-order valence-electron chi connectivity index (χ0n) is 19.3. The summed E-state index contributed by atoms with van der Waals surface area (Å²) in [5.41, 5.74) is 3.38. The smallest absolute Gasteiger partial charge is 0.337 e. The summed E-state index contributed by atoms with van der Waals surface area (Å²) in [7, 11) is 4.47. The fourth-order valence-electron chi connectivity index (χ4n) is 3.68. The number of rotatable bonds is 7. The number of methoxy groups -OCH3 is 3. The Kier molecular flexibility index (Phi) is 6.54. The van der Waals surface area contributed by atoms with Gasteiger partial charge in [0.2, 0.25) is 5.78 Å². The zero-order chi connectivity index (χ0) is 24.2. The standard InChI is InChI=1S/C27H24O7/c1-16-11-20(33-15-17-5-8-19(9-6-17)27(29)32-4)14-23-25(16)26(28)24(34-23)13-18-7-10-21(30-2)22(12-18)31-3/h5-14H,15H2,1-4H3/b24-13-. The third kappa shape index (κ3) is 4.59. The molecule has 0 aliphatic carbocycles. The lowest BCUT2D eigenvalue weighted by Gasteiger charge is -2.10. The summed E-state index contributed by atoms with van der Waals surface area (Å²) in [4.78, 5) is 24.5. The van der Waals surface area contributed by atoms with Crippen molar-refractivity contribution in [3.05, 3.63) is 88.2 Å². The molecule has 0 fully saturated rings. The van der Waals surface area contributed by atoms with Crippen LogP contribution in [0.5, 0.6) is 23.0 Å². The Labute approximate surface area is 197 Å². The fourth-order valence-corrected chi connectivity index (χ4v) is 3.68. The zero-order valence-corrected chi connectivity index (χ0v) is 19.3. The summed E-state index contributed by atoms with van der Waals surface area (Å²) in [6.45, 7) is 2.14. The van der Waals surface area contributed by atoms with Crippen molar-refractivity contribution in [2.75, 3.05) is 21.3 Å². The average Bonchev–Trinajstić information content (AvgIpc) is 3.17. The van der Waals surface area contributed by atoms with Crippen LogP contribution < -0.4 is 18.9 Å². The molecule has 1 aliphatic heterocycles. The Hall–Kier alpha value is -4.26. The van der Waals surface area contributed by atoms with E-state index in [4.69, 9.17) is 23.7 Å². The molecule has 34 heavy (non-hydrogen) atoms. The highest BCUT2D eigenvalue weighted by Crippen LogP contribution is 2.38. The van der Waals surface area contributed by atoms with Crippen molar-refractivity contribution in [3.63, 3.8) is 0 Å². The fraction of sp³-hybridized carbons (Fsp3) is 0.185. The van der Waals surface area contributed by atoms with E-state index in [0.29, 0.717) is 40.7 Å². The van der Waals surface area contributed by atoms with E-state index in [2.05, 4.69) is 0 Å². The highest BCUT2D eigenvalue weighted by atomic mass is 16.5. The normalized spacial score (nSPS) is 13.3. The molecule has 0 unspecified atom stereocenters. The van der Waals surface area contributed by atoms with E-state index in [1.165, 1.54) is 7.11 Å². The second-order valence-electron chi connectivity index (χ2n) is 7.64. The van der Waals surface area contributed by atoms with Crippen LogP contribution in [-0.4, -0.2) is 33.1 Å². The van der Waals surface area contributed by atoms with Crippen molar-refractivity contribution in [2.24, 2.45) is 0 Å². The van der Waals surface area contributed by atoms with Gasteiger partial charge in [0.15, 0.2) is 17.3 Å². The van der Waals surface area contributed by atoms with Crippen molar-refractivity contribution in [1.29, 1.82) is 0 Å². The largest absolute Gasteiger partial charge is 0.493 e. The monoisotopic (exact) mass is 460 g/mol. The first kappa shape index (κ1) is 22.9. The van der Waals surface area contributed by atoms with Crippen molar-refractivity contribution < 1.29 is 33.3 Å². The van der Waals surface area contributed by atoms with E-state index in [9.17, 15) is 9.59 Å². The van der Waals surface area contributed by atoms with Crippen molar-refractivity contribution in [1.82, 2.24) is 0 Å². The maximum absolute atomic E-state index is 13.0. The third-order valence-corrected chi connectivity index (χ3v) is 5.43. The molecule has 0 atom stereocenters. The summed E-state index contributed by atoms with van der Waals surface area (Å²) in [6.07, 6.45) is 1.67. The minimum Gasteiger partial charge on any atom is -0.493 e. The van der Waals surface area contributed by atoms with Crippen LogP contribution in [0.15, 0.2) is 60.4 Å². The Morgan fingerprint density at radius 2 is 1.68 bits per heavy atom. The molecule has 0 aromatic heterocycles. The van der Waals surface area contributed by atoms with Gasteiger partial charge in [0.05, 0.1) is 32.5 Å². The number of ether oxygens (including phenoxy) is 5. The summed E-state index contributed by atoms with van der Waals surface area (Å²) >= 11 is 0. The minimum atomic E-state index is -0.388. The number of hydrogen-bond donors (Lipinski definition) is 0. The Bertz CT molecular complexity index is 1270. The summed E-state index contributed by atoms with van der Waals surface area (Å²) in [5, 5.41) is 0. The number of carbonyl (C=O) groups is 2. The van der Waals surface area contributed by atoms with Gasteiger partial charge in [0.25, 0.3) is 0 Å². The highest BCUT2D eigenvalue weighted by molar-refractivity contribution is 6.15. The van der Waals surface area contributed by atoms with Crippen molar-refractivity contribution >= 4 is 17.8 Å². The SMILES string of the molecule is COC(=O)c1ccc(COc2cc(C)c3c(c2)O/C(=C\c2ccc(OC)c(OC)c2)C3=O)cc1. The molecule has 1 aliphatic rings. The van der Waals surface area contributed by atoms with Crippen LogP contribution in [0.4, 0.5) is 0 Å². The maximum atomic E-state index is 13.0. The molecule has 0 saturated heterocycles. The van der Waals surface area contributed by atoms with Crippen LogP contribution in [0.1, 0.15) is 37.4 Å². The quantitative estimate of drug-likeness (QED) is 0.363. The van der Waals surface area contributed by atoms with Crippen LogP contribution >= 0.6 is 0 Å². The van der Waals surface area contributed by atoms with E-state index in [0.717, 1.165) is 16.7 Å². The van der Waals surface area contributed by atoms with Gasteiger partial charge in [-0.2, -0.15) is 0 Å². The van der Waals surface area contributed by atoms with Crippen LogP contribution in [-0.2, 0) is 11.3 Å². The Morgan fingerprint density at radius 1 is 0.941 bits per heavy atom. The molecular formula is C27H24O7. The maximum Gasteiger partial charge on any atom is 0.337 e. The Balaban J connectivity index is 1.51. The Morgan fingerprint density at radius 3 is 2.35 bits per heavy atom. The first-order valence-corrected chi connectivity index (χ1v) is 10.5. The minimum absolute atomic E-state index is 0.188. The van der Waals surface area contributed by atoms with E-state index >= 15 is 0 Å². The lowest BCUT2D eigenvalue weighted by molar-refractivity contribution is 0.0600. The molecule has 7 nitrogen and oxygen atoms in total. The molecule has 174 valence electrons. The number of ketones is 1. The van der Waals surface area contributed by atoms with Gasteiger partial charge >= 0.3 is 5.97 Å². The van der Waals surface area contributed by atoms with Gasteiger partial charge in [-0.3, -0.25) is 4.79 Å². The number of fused-ring (bicyclic) bond motifs is 1. The topological polar surface area (TPSA) is 80.3 Å². The van der Waals surface area contributed by atoms with E-state index in [-0.39, 0.29) is 17.5 Å². The predicted molar refractivity (Wildman–Crippen MR) is 126 cm³/mol. The third-order valence-electron chi connectivity index (χ3n) is 5.43. The lowest BCUT2D eigenvalue weighted by atomic mass is 10.0. The number of aryl methyl sites for hydroxylation is 1. The van der Waals surface area contributed by atoms with E-state index in [1.807, 2.05) is 19.1 Å². The molecular weight excluding hydrogens is 436 g/mol. The molecule has 3 aromatic carbocycles. The second-order valence-corrected chi connectivity index (χ2v) is 7.64. The number of carbonyl (C=O) groups excluding carboxylic acids is 2. The van der Waals surface area contributed by atoms with Crippen molar-refractivity contribution in [3.8, 4) is 23.0 Å². The van der Waals surface area contributed by atoms with Gasteiger partial charge in [0.1, 0.15) is 18.1 Å². The number of hydrogen-bond acceptors (Lipinski definition) is 7. The molecule has 0 N–H and O–H groups in total. The van der Waals surface area contributed by atoms with Crippen LogP contribution in [0.2, 0.25) is 0 Å². The highest BCUT2D eigenvalue weighted by Gasteiger charge is 2.30. The molecule has 0 saturated carbocycles. The first-order valence-electron chi connectivity index (χ1n) is 10.5. The lowest BCUT2D eigenvalue weighted by Crippen LogP contribution is -2.02. The van der Waals surface area contributed by atoms with E-state index in [1.54, 1.807) is 62.8 Å². The van der Waals surface area contributed by atoms with Crippen LogP contribution in [0.25, 0.3) is 6.08 Å². The molecule has 0 spiro atoms. The molecule has 3 aromatic rings. The first-order chi connectivity index (χ1) is 16.4. The van der Waals surface area contributed by atoms with Gasteiger partial charge in [-0.05, 0) is 60.0 Å². The van der Waals surface area contributed by atoms with Gasteiger partial charge in [0, 0.05) is 6.07 Å². The number of benzene rings is 3. The molecule has 0 amide bonds. The second kappa shape index (κ2) is 9.70. The predicted octanol–water partition coefficient (Wildman–Crippen LogP) is 4.99. The molecule has 0 bridgehead atoms.